The van der Waals surface area contributed by atoms with Crippen LogP contribution in [-0.2, 0) is 47.7 Å². The minimum absolute atomic E-state index is 0.0193. The molecule has 3 heterocycles. The number of ketones is 3. The lowest BCUT2D eigenvalue weighted by molar-refractivity contribution is -0.265. The topological polar surface area (TPSA) is 195 Å². The summed E-state index contributed by atoms with van der Waals surface area (Å²) in [5, 5.41) is 33.8. The lowest BCUT2D eigenvalue weighted by Crippen LogP contribution is -2.61. The monoisotopic (exact) mass is 914 g/mol. The van der Waals surface area contributed by atoms with Gasteiger partial charge in [0.1, 0.15) is 30.1 Å². The molecule has 4 rings (SSSR count). The van der Waals surface area contributed by atoms with E-state index in [1.807, 2.05) is 58.1 Å². The van der Waals surface area contributed by atoms with Crippen LogP contribution >= 0.6 is 0 Å². The molecule has 366 valence electrons. The predicted octanol–water partition coefficient (Wildman–Crippen LogP) is 6.18. The molecule has 1 aliphatic carbocycles. The van der Waals surface area contributed by atoms with E-state index in [9.17, 15) is 39.3 Å². The van der Waals surface area contributed by atoms with Crippen molar-refractivity contribution in [3.05, 3.63) is 47.6 Å². The Morgan fingerprint density at radius 2 is 1.57 bits per heavy atom. The molecule has 14 heteroatoms. The quantitative estimate of drug-likeness (QED) is 0.156. The van der Waals surface area contributed by atoms with Gasteiger partial charge in [0, 0.05) is 58.5 Å². The highest BCUT2D eigenvalue weighted by Gasteiger charge is 2.53. The number of carbonyl (C=O) groups excluding carboxylic acids is 5. The summed E-state index contributed by atoms with van der Waals surface area (Å²) < 4.78 is 29.4. The molecule has 0 aromatic rings. The van der Waals surface area contributed by atoms with Crippen molar-refractivity contribution in [3.63, 3.8) is 0 Å². The summed E-state index contributed by atoms with van der Waals surface area (Å²) in [5.74, 6) is -7.96. The fourth-order valence-electron chi connectivity index (χ4n) is 10.1. The molecule has 0 radical (unpaired) electrons. The average molecular weight is 914 g/mol. The van der Waals surface area contributed by atoms with Crippen molar-refractivity contribution in [2.75, 3.05) is 27.9 Å². The molecule has 0 spiro atoms. The number of ether oxygens (including phenoxy) is 5. The summed E-state index contributed by atoms with van der Waals surface area (Å²) in [6.07, 6.45) is 11.2. The van der Waals surface area contributed by atoms with Crippen LogP contribution in [0.25, 0.3) is 0 Å². The van der Waals surface area contributed by atoms with Crippen LogP contribution in [0.4, 0.5) is 0 Å². The number of hydrogen-bond donors (Lipinski definition) is 3. The molecule has 15 atom stereocenters. The van der Waals surface area contributed by atoms with Gasteiger partial charge in [0.2, 0.25) is 5.79 Å². The molecule has 3 N–H and O–H groups in total. The maximum absolute atomic E-state index is 14.4. The third-order valence-corrected chi connectivity index (χ3v) is 14.5. The van der Waals surface area contributed by atoms with Crippen LogP contribution < -0.4 is 0 Å². The van der Waals surface area contributed by atoms with Crippen LogP contribution in [0.15, 0.2) is 47.6 Å². The summed E-state index contributed by atoms with van der Waals surface area (Å²) in [6, 6.07) is -1.14. The van der Waals surface area contributed by atoms with E-state index in [1.165, 1.54) is 12.0 Å². The number of piperidine rings is 1. The maximum atomic E-state index is 14.4. The summed E-state index contributed by atoms with van der Waals surface area (Å²) in [5.41, 5.74) is 1.27. The van der Waals surface area contributed by atoms with Gasteiger partial charge in [-0.25, -0.2) is 4.79 Å². The number of fused-ring (bicyclic) bond motifs is 3. The number of aliphatic hydroxyl groups is 3. The number of methoxy groups -OCH3 is 3. The highest BCUT2D eigenvalue weighted by Crippen LogP contribution is 2.38. The van der Waals surface area contributed by atoms with Gasteiger partial charge in [-0.05, 0) is 107 Å². The molecule has 3 fully saturated rings. The van der Waals surface area contributed by atoms with Crippen LogP contribution in [0.2, 0.25) is 0 Å². The lowest BCUT2D eigenvalue weighted by Gasteiger charge is -2.42. The Balaban J connectivity index is 1.70. The first-order valence-corrected chi connectivity index (χ1v) is 23.9. The number of allylic oxidation sites excluding steroid dienone is 6. The van der Waals surface area contributed by atoms with Gasteiger partial charge < -0.3 is 43.9 Å². The second-order valence-corrected chi connectivity index (χ2v) is 19.6. The van der Waals surface area contributed by atoms with Crippen molar-refractivity contribution in [1.29, 1.82) is 0 Å². The number of rotatable bonds is 6. The molecular weight excluding hydrogens is 835 g/mol. The van der Waals surface area contributed by atoms with E-state index < -0.39 is 83.9 Å². The van der Waals surface area contributed by atoms with E-state index in [-0.39, 0.29) is 54.8 Å². The van der Waals surface area contributed by atoms with Crippen LogP contribution in [0.1, 0.15) is 126 Å². The molecule has 1 amide bonds. The summed E-state index contributed by atoms with van der Waals surface area (Å²) in [7, 11) is 4.52. The molecule has 4 aliphatic rings. The van der Waals surface area contributed by atoms with E-state index in [0.29, 0.717) is 63.4 Å². The van der Waals surface area contributed by atoms with Gasteiger partial charge in [-0.1, -0.05) is 71.1 Å². The largest absolute Gasteiger partial charge is 0.460 e. The predicted molar refractivity (Wildman–Crippen MR) is 245 cm³/mol. The zero-order valence-electron chi connectivity index (χ0n) is 40.6. The molecule has 1 saturated carbocycles. The van der Waals surface area contributed by atoms with Gasteiger partial charge in [-0.2, -0.15) is 0 Å². The SMILES string of the molecule is CO[C@H]1C[C@@H]2CC[C@@H](C)[C@@](O)(O2)C(=O)C(=O)N2CCCCC2C(=O)OC([C@H](C)CC2CC[C@@H](O)[C@H](OC)C2)CC(=O)[C@H](C)/C=C(\C)C(O)[C@@H](OC)C(=O)[C@H](C)C[C@H](C)/C=C/C=C/C=C/1C. The number of Topliss-reactive ketones (excluding diaryl/α,β-unsaturated/α-hetero) is 3. The molecule has 3 aliphatic heterocycles. The Morgan fingerprint density at radius 1 is 0.846 bits per heavy atom. The summed E-state index contributed by atoms with van der Waals surface area (Å²) in [4.78, 5) is 71.8. The number of cyclic esters (lactones) is 1. The standard InChI is InChI=1S/C51H79NO13/c1-30-16-12-11-13-17-31(2)42(61-8)28-38-21-19-36(7)51(60,65-38)48(57)49(58)52-23-15-14-18-39(52)50(59)64-43(33(4)26-37-20-22-40(53)44(27-37)62-9)29-41(54)32(3)25-35(6)46(56)47(63-10)45(55)34(5)24-30/h11-13,16-17,25,30,32-34,36-40,42-44,46-47,53,56,60H,14-15,18-24,26-29H2,1-10H3/b13-11+,16-12+,31-17+,35-25+/t30-,32-,33-,34-,36-,37?,38+,39?,40-,42+,43?,44-,46?,47+,51-/m1/s1. The van der Waals surface area contributed by atoms with E-state index in [2.05, 4.69) is 0 Å². The first kappa shape index (κ1) is 54.2. The molecule has 4 unspecified atom stereocenters. The van der Waals surface area contributed by atoms with Crippen molar-refractivity contribution in [2.24, 2.45) is 35.5 Å². The van der Waals surface area contributed by atoms with Gasteiger partial charge in [0.15, 0.2) is 5.78 Å². The summed E-state index contributed by atoms with van der Waals surface area (Å²) >= 11 is 0. The number of esters is 1. The molecular formula is C51H79NO13. The van der Waals surface area contributed by atoms with Crippen molar-refractivity contribution in [3.8, 4) is 0 Å². The van der Waals surface area contributed by atoms with Gasteiger partial charge in [0.05, 0.1) is 24.4 Å². The van der Waals surface area contributed by atoms with E-state index in [1.54, 1.807) is 41.1 Å². The lowest BCUT2D eigenvalue weighted by atomic mass is 9.78. The molecule has 2 bridgehead atoms. The van der Waals surface area contributed by atoms with Crippen molar-refractivity contribution < 1.29 is 63.0 Å². The van der Waals surface area contributed by atoms with Crippen LogP contribution in [0.5, 0.6) is 0 Å². The minimum atomic E-state index is -2.43. The molecule has 2 saturated heterocycles. The number of nitrogens with zero attached hydrogens (tertiary/aromatic N) is 1. The van der Waals surface area contributed by atoms with Crippen molar-refractivity contribution in [1.82, 2.24) is 4.90 Å². The molecule has 0 aromatic heterocycles. The van der Waals surface area contributed by atoms with Gasteiger partial charge in [-0.15, -0.1) is 0 Å². The fraction of sp³-hybridized carbons (Fsp3) is 0.745. The van der Waals surface area contributed by atoms with Crippen molar-refractivity contribution >= 4 is 29.2 Å². The number of amides is 1. The second-order valence-electron chi connectivity index (χ2n) is 19.6. The number of hydrogen-bond acceptors (Lipinski definition) is 13. The third kappa shape index (κ3) is 14.3. The number of carbonyl (C=O) groups is 5. The van der Waals surface area contributed by atoms with E-state index in [0.717, 1.165) is 12.0 Å². The van der Waals surface area contributed by atoms with Crippen molar-refractivity contribution in [2.45, 2.75) is 180 Å². The van der Waals surface area contributed by atoms with E-state index in [4.69, 9.17) is 23.7 Å². The van der Waals surface area contributed by atoms with Gasteiger partial charge in [-0.3, -0.25) is 19.2 Å². The zero-order chi connectivity index (χ0) is 48.2. The summed E-state index contributed by atoms with van der Waals surface area (Å²) in [6.45, 7) is 12.7. The van der Waals surface area contributed by atoms with Gasteiger partial charge >= 0.3 is 5.97 Å². The normalized spacial score (nSPS) is 40.4. The highest BCUT2D eigenvalue weighted by atomic mass is 16.6. The Morgan fingerprint density at radius 3 is 2.25 bits per heavy atom. The van der Waals surface area contributed by atoms with E-state index >= 15 is 0 Å². The maximum Gasteiger partial charge on any atom is 0.329 e. The van der Waals surface area contributed by atoms with Gasteiger partial charge in [0.25, 0.3) is 11.7 Å². The Hall–Kier alpha value is -3.37. The fourth-order valence-corrected chi connectivity index (χ4v) is 10.1. The Bertz CT molecular complexity index is 1760. The molecule has 65 heavy (non-hydrogen) atoms. The minimum Gasteiger partial charge on any atom is -0.460 e. The van der Waals surface area contributed by atoms with Crippen LogP contribution in [0, 0.1) is 35.5 Å². The zero-order valence-corrected chi connectivity index (χ0v) is 40.6. The van der Waals surface area contributed by atoms with Crippen LogP contribution in [-0.4, -0.2) is 132 Å². The molecule has 0 aromatic carbocycles. The second kappa shape index (κ2) is 25.1. The van der Waals surface area contributed by atoms with Crippen LogP contribution in [0.3, 0.4) is 0 Å². The third-order valence-electron chi connectivity index (χ3n) is 14.5. The highest BCUT2D eigenvalue weighted by molar-refractivity contribution is 6.39. The number of aliphatic hydroxyl groups excluding tert-OH is 2. The Labute approximate surface area is 387 Å². The smallest absolute Gasteiger partial charge is 0.329 e. The Kier molecular flexibility index (Phi) is 21.0. The first-order chi connectivity index (χ1) is 30.7. The first-order valence-electron chi connectivity index (χ1n) is 23.9. The average Bonchev–Trinajstić information content (AvgIpc) is 3.28. The molecule has 14 nitrogen and oxygen atoms in total.